The predicted molar refractivity (Wildman–Crippen MR) is 219 cm³/mol. The first kappa shape index (κ1) is 32.8. The monoisotopic (exact) mass is 690 g/mol. The molecule has 0 atom stereocenters. The maximum atomic E-state index is 4.97. The Kier molecular flexibility index (Phi) is 8.58. The topological polar surface area (TPSA) is 25.8 Å². The number of hydrogen-bond acceptors (Lipinski definition) is 2. The molecule has 4 aliphatic carbocycles. The second-order valence-electron chi connectivity index (χ2n) is 17.0. The SMILES string of the molecule is c1ccc(-c2cccc(-c3cc4c(cc3-c3cccc(-c5cc(C6CCC(C7CCCCC7)CC6)ccn5)c3)CC3(Cc5ccccc5C3)C4)c2)nc1. The first-order valence-corrected chi connectivity index (χ1v) is 20.5. The molecule has 4 aliphatic rings. The zero-order valence-electron chi connectivity index (χ0n) is 30.9. The lowest BCUT2D eigenvalue weighted by molar-refractivity contribution is 0.186. The minimum atomic E-state index is 0.291. The predicted octanol–water partition coefficient (Wildman–Crippen LogP) is 12.9. The quantitative estimate of drug-likeness (QED) is 0.174. The molecule has 2 heteroatoms. The van der Waals surface area contributed by atoms with Crippen molar-refractivity contribution in [3.63, 3.8) is 0 Å². The van der Waals surface area contributed by atoms with Crippen LogP contribution in [0.4, 0.5) is 0 Å². The Hall–Kier alpha value is -4.82. The lowest BCUT2D eigenvalue weighted by atomic mass is 9.70. The van der Waals surface area contributed by atoms with Gasteiger partial charge in [-0.25, -0.2) is 0 Å². The molecule has 0 unspecified atom stereocenters. The molecule has 0 radical (unpaired) electrons. The number of nitrogens with zero attached hydrogens (tertiary/aromatic N) is 2. The third-order valence-corrected chi connectivity index (χ3v) is 13.7. The largest absolute Gasteiger partial charge is 0.256 e. The molecule has 2 heterocycles. The van der Waals surface area contributed by atoms with Gasteiger partial charge in [-0.05, 0) is 161 Å². The molecule has 0 saturated heterocycles. The third kappa shape index (κ3) is 6.45. The Balaban J connectivity index is 0.989. The van der Waals surface area contributed by atoms with Gasteiger partial charge in [0.25, 0.3) is 0 Å². The molecule has 4 aromatic carbocycles. The van der Waals surface area contributed by atoms with Crippen LogP contribution in [-0.4, -0.2) is 9.97 Å². The van der Waals surface area contributed by atoms with Crippen LogP contribution in [0.3, 0.4) is 0 Å². The maximum absolute atomic E-state index is 4.97. The van der Waals surface area contributed by atoms with E-state index in [1.54, 1.807) is 11.1 Å². The molecule has 53 heavy (non-hydrogen) atoms. The van der Waals surface area contributed by atoms with Crippen molar-refractivity contribution in [2.45, 2.75) is 89.4 Å². The Bertz CT molecular complexity index is 2230. The van der Waals surface area contributed by atoms with Gasteiger partial charge in [-0.15, -0.1) is 0 Å². The molecule has 2 saturated carbocycles. The van der Waals surface area contributed by atoms with E-state index in [-0.39, 0.29) is 0 Å². The zero-order chi connectivity index (χ0) is 35.2. The van der Waals surface area contributed by atoms with E-state index in [4.69, 9.17) is 9.97 Å². The molecule has 264 valence electrons. The van der Waals surface area contributed by atoms with Gasteiger partial charge in [-0.3, -0.25) is 9.97 Å². The van der Waals surface area contributed by atoms with Crippen LogP contribution in [-0.2, 0) is 25.7 Å². The van der Waals surface area contributed by atoms with E-state index in [1.165, 1.54) is 115 Å². The summed E-state index contributed by atoms with van der Waals surface area (Å²) in [5.41, 5.74) is 17.5. The highest BCUT2D eigenvalue weighted by Crippen LogP contribution is 2.50. The van der Waals surface area contributed by atoms with Crippen molar-refractivity contribution >= 4 is 0 Å². The van der Waals surface area contributed by atoms with E-state index >= 15 is 0 Å². The van der Waals surface area contributed by atoms with E-state index < -0.39 is 0 Å². The first-order valence-electron chi connectivity index (χ1n) is 20.5. The Morgan fingerprint density at radius 2 is 0.981 bits per heavy atom. The van der Waals surface area contributed by atoms with Gasteiger partial charge >= 0.3 is 0 Å². The van der Waals surface area contributed by atoms with E-state index in [2.05, 4.69) is 115 Å². The number of benzene rings is 4. The van der Waals surface area contributed by atoms with E-state index in [1.807, 2.05) is 12.3 Å². The molecule has 1 spiro atoms. The fraction of sp³-hybridized carbons (Fsp3) is 0.333. The highest BCUT2D eigenvalue weighted by atomic mass is 14.7. The highest BCUT2D eigenvalue weighted by Gasteiger charge is 2.42. The van der Waals surface area contributed by atoms with Gasteiger partial charge in [0.1, 0.15) is 0 Å². The molecule has 0 bridgehead atoms. The summed E-state index contributed by atoms with van der Waals surface area (Å²) in [5.74, 6) is 2.60. The standard InChI is InChI=1S/C51H50N2/c1-2-10-35(11-3-1)36-19-21-37(22-20-36)38-23-25-53-50(30-38)42-17-9-15-40(27-42)48-29-46-34-51(31-43-12-4-5-13-44(43)32-51)33-45(46)28-47(48)39-14-8-16-41(26-39)49-18-6-7-24-52-49/h4-9,12-18,23-30,35-37H,1-3,10-11,19-22,31-34H2. The van der Waals surface area contributed by atoms with Crippen molar-refractivity contribution in [2.75, 3.05) is 0 Å². The summed E-state index contributed by atoms with van der Waals surface area (Å²) in [4.78, 5) is 9.67. The van der Waals surface area contributed by atoms with Crippen LogP contribution < -0.4 is 0 Å². The van der Waals surface area contributed by atoms with Gasteiger partial charge in [0.2, 0.25) is 0 Å². The summed E-state index contributed by atoms with van der Waals surface area (Å²) >= 11 is 0. The van der Waals surface area contributed by atoms with Gasteiger partial charge in [-0.2, -0.15) is 0 Å². The van der Waals surface area contributed by atoms with Crippen LogP contribution in [0, 0.1) is 17.3 Å². The van der Waals surface area contributed by atoms with Crippen LogP contribution in [0.25, 0.3) is 44.8 Å². The minimum absolute atomic E-state index is 0.291. The van der Waals surface area contributed by atoms with E-state index in [9.17, 15) is 0 Å². The molecule has 2 aromatic heterocycles. The zero-order valence-corrected chi connectivity index (χ0v) is 30.9. The molecule has 0 N–H and O–H groups in total. The molecular weight excluding hydrogens is 641 g/mol. The Morgan fingerprint density at radius 1 is 0.415 bits per heavy atom. The fourth-order valence-electron chi connectivity index (χ4n) is 11.0. The van der Waals surface area contributed by atoms with Crippen LogP contribution in [0.15, 0.2) is 128 Å². The van der Waals surface area contributed by atoms with Gasteiger partial charge in [-0.1, -0.05) is 111 Å². The average Bonchev–Trinajstić information content (AvgIpc) is 3.78. The maximum Gasteiger partial charge on any atom is 0.0705 e. The molecule has 2 nitrogen and oxygen atoms in total. The lowest BCUT2D eigenvalue weighted by Crippen LogP contribution is -2.23. The second kappa shape index (κ2) is 13.9. The van der Waals surface area contributed by atoms with E-state index in [0.29, 0.717) is 11.3 Å². The van der Waals surface area contributed by atoms with Gasteiger partial charge in [0.05, 0.1) is 11.4 Å². The van der Waals surface area contributed by atoms with Crippen LogP contribution in [0.1, 0.15) is 91.5 Å². The summed E-state index contributed by atoms with van der Waals surface area (Å²) < 4.78 is 0. The van der Waals surface area contributed by atoms with Crippen molar-refractivity contribution in [2.24, 2.45) is 17.3 Å². The van der Waals surface area contributed by atoms with Crippen molar-refractivity contribution < 1.29 is 0 Å². The normalized spacial score (nSPS) is 20.7. The molecule has 0 amide bonds. The summed E-state index contributed by atoms with van der Waals surface area (Å²) in [6.07, 6.45) is 21.4. The van der Waals surface area contributed by atoms with Crippen LogP contribution >= 0.6 is 0 Å². The minimum Gasteiger partial charge on any atom is -0.256 e. The van der Waals surface area contributed by atoms with Crippen molar-refractivity contribution in [1.29, 1.82) is 0 Å². The van der Waals surface area contributed by atoms with Gasteiger partial charge in [0.15, 0.2) is 0 Å². The molecular formula is C51H50N2. The Morgan fingerprint density at radius 3 is 1.62 bits per heavy atom. The van der Waals surface area contributed by atoms with Gasteiger partial charge in [0, 0.05) is 23.5 Å². The summed E-state index contributed by atoms with van der Waals surface area (Å²) in [6.45, 7) is 0. The highest BCUT2D eigenvalue weighted by molar-refractivity contribution is 5.88. The molecule has 10 rings (SSSR count). The average molecular weight is 691 g/mol. The molecule has 0 aliphatic heterocycles. The summed E-state index contributed by atoms with van der Waals surface area (Å²) in [5, 5.41) is 0. The first-order chi connectivity index (χ1) is 26.2. The van der Waals surface area contributed by atoms with Gasteiger partial charge < -0.3 is 0 Å². The summed E-state index contributed by atoms with van der Waals surface area (Å²) in [7, 11) is 0. The van der Waals surface area contributed by atoms with E-state index in [0.717, 1.165) is 41.6 Å². The number of hydrogen-bond donors (Lipinski definition) is 0. The fourth-order valence-corrected chi connectivity index (χ4v) is 11.0. The molecule has 6 aromatic rings. The smallest absolute Gasteiger partial charge is 0.0705 e. The number of fused-ring (bicyclic) bond motifs is 2. The third-order valence-electron chi connectivity index (χ3n) is 13.7. The number of pyridine rings is 2. The van der Waals surface area contributed by atoms with Crippen molar-refractivity contribution in [3.05, 3.63) is 155 Å². The lowest BCUT2D eigenvalue weighted by Gasteiger charge is -2.36. The Labute approximate surface area is 315 Å². The van der Waals surface area contributed by atoms with Crippen molar-refractivity contribution in [3.8, 4) is 44.8 Å². The van der Waals surface area contributed by atoms with Crippen molar-refractivity contribution in [1.82, 2.24) is 9.97 Å². The van der Waals surface area contributed by atoms with Crippen LogP contribution in [0.5, 0.6) is 0 Å². The number of rotatable bonds is 6. The second-order valence-corrected chi connectivity index (χ2v) is 17.0. The number of aromatic nitrogens is 2. The van der Waals surface area contributed by atoms with Crippen LogP contribution in [0.2, 0.25) is 0 Å². The molecule has 2 fully saturated rings. The summed E-state index contributed by atoms with van der Waals surface area (Å²) in [6, 6.07) is 43.3.